The molecular weight excluding hydrogens is 492 g/mol. The van der Waals surface area contributed by atoms with Crippen LogP contribution in [0.5, 0.6) is 17.2 Å². The molecule has 0 saturated heterocycles. The molecule has 0 aliphatic carbocycles. The average molecular weight is 517 g/mol. The Morgan fingerprint density at radius 2 is 1.76 bits per heavy atom. The summed E-state index contributed by atoms with van der Waals surface area (Å²) < 4.78 is 16.1. The van der Waals surface area contributed by atoms with Crippen LogP contribution in [0.15, 0.2) is 77.2 Å². The van der Waals surface area contributed by atoms with Crippen molar-refractivity contribution in [2.24, 2.45) is 5.10 Å². The fraction of sp³-hybridized carbons (Fsp3) is 0.179. The number of fused-ring (bicyclic) bond motifs is 1. The van der Waals surface area contributed by atoms with Crippen molar-refractivity contribution in [3.8, 4) is 17.2 Å². The molecule has 1 aliphatic heterocycles. The Morgan fingerprint density at radius 3 is 2.46 bits per heavy atom. The third-order valence-corrected chi connectivity index (χ3v) is 7.09. The number of phenols is 1. The molecule has 0 fully saturated rings. The summed E-state index contributed by atoms with van der Waals surface area (Å²) in [6.07, 6.45) is 0.487. The molecule has 2 heterocycles. The molecule has 1 aromatic heterocycles. The van der Waals surface area contributed by atoms with E-state index in [9.17, 15) is 14.7 Å². The normalized spacial score (nSPS) is 14.9. The number of esters is 1. The molecule has 0 spiro atoms. The molecule has 188 valence electrons. The van der Waals surface area contributed by atoms with Gasteiger partial charge in [-0.1, -0.05) is 36.4 Å². The first kappa shape index (κ1) is 24.3. The van der Waals surface area contributed by atoms with Gasteiger partial charge >= 0.3 is 5.97 Å². The van der Waals surface area contributed by atoms with E-state index in [1.54, 1.807) is 26.4 Å². The van der Waals surface area contributed by atoms with Crippen molar-refractivity contribution in [1.29, 1.82) is 0 Å². The van der Waals surface area contributed by atoms with Crippen LogP contribution in [0.3, 0.4) is 0 Å². The number of thiophene rings is 1. The van der Waals surface area contributed by atoms with Gasteiger partial charge in [-0.05, 0) is 52.0 Å². The SMILES string of the molecule is COc1ccc([C@H]2CC(c3cccs3)=NN2C(=O)COC(=O)c2cc3ccccc3cc2O)cc1OC. The highest BCUT2D eigenvalue weighted by atomic mass is 32.1. The fourth-order valence-corrected chi connectivity index (χ4v) is 5.04. The molecule has 3 aromatic carbocycles. The van der Waals surface area contributed by atoms with Crippen molar-refractivity contribution in [2.45, 2.75) is 12.5 Å². The lowest BCUT2D eigenvalue weighted by Crippen LogP contribution is -2.31. The third-order valence-electron chi connectivity index (χ3n) is 6.17. The van der Waals surface area contributed by atoms with Gasteiger partial charge in [-0.25, -0.2) is 9.80 Å². The lowest BCUT2D eigenvalue weighted by molar-refractivity contribution is -0.136. The van der Waals surface area contributed by atoms with Gasteiger partial charge in [-0.2, -0.15) is 5.10 Å². The van der Waals surface area contributed by atoms with Crippen LogP contribution in [-0.4, -0.2) is 48.5 Å². The minimum atomic E-state index is -0.791. The number of aromatic hydroxyl groups is 1. The maximum absolute atomic E-state index is 13.3. The van der Waals surface area contributed by atoms with Crippen molar-refractivity contribution < 1.29 is 28.9 Å². The number of hydrogen-bond acceptors (Lipinski definition) is 8. The molecule has 4 aromatic rings. The summed E-state index contributed by atoms with van der Waals surface area (Å²) in [6, 6.07) is 19.3. The van der Waals surface area contributed by atoms with E-state index < -0.39 is 24.5 Å². The molecule has 0 unspecified atom stereocenters. The van der Waals surface area contributed by atoms with Gasteiger partial charge in [0.1, 0.15) is 11.3 Å². The molecule has 8 nitrogen and oxygen atoms in total. The number of amides is 1. The van der Waals surface area contributed by atoms with E-state index in [0.717, 1.165) is 26.9 Å². The predicted octanol–water partition coefficient (Wildman–Crippen LogP) is 5.16. The van der Waals surface area contributed by atoms with Gasteiger partial charge in [0.05, 0.1) is 30.9 Å². The van der Waals surface area contributed by atoms with E-state index in [2.05, 4.69) is 5.10 Å². The number of rotatable bonds is 7. The number of phenolic OH excluding ortho intramolecular Hbond substituents is 1. The number of nitrogens with zero attached hydrogens (tertiary/aromatic N) is 2. The summed E-state index contributed by atoms with van der Waals surface area (Å²) in [6.45, 7) is -0.532. The first-order valence-corrected chi connectivity index (χ1v) is 12.4. The second-order valence-electron chi connectivity index (χ2n) is 8.39. The summed E-state index contributed by atoms with van der Waals surface area (Å²) in [5.41, 5.74) is 1.56. The van der Waals surface area contributed by atoms with E-state index in [1.807, 2.05) is 53.9 Å². The molecule has 0 saturated carbocycles. The van der Waals surface area contributed by atoms with Gasteiger partial charge in [0.25, 0.3) is 5.91 Å². The fourth-order valence-electron chi connectivity index (χ4n) is 4.31. The number of methoxy groups -OCH3 is 2. The first-order chi connectivity index (χ1) is 18.0. The standard InChI is InChI=1S/C28H24N2O6S/c1-34-24-10-9-19(14-25(24)35-2)22-15-21(26-8-5-11-37-26)29-30(22)27(32)16-36-28(33)20-12-17-6-3-4-7-18(17)13-23(20)31/h3-14,22,31H,15-16H2,1-2H3/t22-/m1/s1. The van der Waals surface area contributed by atoms with Gasteiger partial charge in [0, 0.05) is 6.42 Å². The summed E-state index contributed by atoms with van der Waals surface area (Å²) in [4.78, 5) is 27.0. The first-order valence-electron chi connectivity index (χ1n) is 11.5. The zero-order valence-electron chi connectivity index (χ0n) is 20.2. The van der Waals surface area contributed by atoms with Gasteiger partial charge in [-0.3, -0.25) is 4.79 Å². The Hall–Kier alpha value is -4.37. The van der Waals surface area contributed by atoms with Crippen LogP contribution in [0.2, 0.25) is 0 Å². The van der Waals surface area contributed by atoms with Crippen molar-refractivity contribution in [2.75, 3.05) is 20.8 Å². The van der Waals surface area contributed by atoms with Gasteiger partial charge in [0.15, 0.2) is 18.1 Å². The average Bonchev–Trinajstić information content (AvgIpc) is 3.61. The lowest BCUT2D eigenvalue weighted by atomic mass is 10.0. The molecule has 37 heavy (non-hydrogen) atoms. The molecule has 9 heteroatoms. The highest BCUT2D eigenvalue weighted by Crippen LogP contribution is 2.38. The second-order valence-corrected chi connectivity index (χ2v) is 9.34. The summed E-state index contributed by atoms with van der Waals surface area (Å²) >= 11 is 1.54. The Balaban J connectivity index is 1.38. The molecule has 1 N–H and O–H groups in total. The van der Waals surface area contributed by atoms with Crippen molar-refractivity contribution in [3.05, 3.63) is 88.1 Å². The zero-order chi connectivity index (χ0) is 25.9. The van der Waals surface area contributed by atoms with Crippen molar-refractivity contribution in [1.82, 2.24) is 5.01 Å². The van der Waals surface area contributed by atoms with Gasteiger partial charge in [0.2, 0.25) is 0 Å². The number of carbonyl (C=O) groups excluding carboxylic acids is 2. The number of benzene rings is 3. The summed E-state index contributed by atoms with van der Waals surface area (Å²) in [5, 5.41) is 19.8. The highest BCUT2D eigenvalue weighted by molar-refractivity contribution is 7.12. The molecule has 0 radical (unpaired) electrons. The number of ether oxygens (including phenoxy) is 3. The van der Waals surface area contributed by atoms with Crippen LogP contribution in [0.25, 0.3) is 10.8 Å². The molecule has 1 aliphatic rings. The van der Waals surface area contributed by atoms with E-state index in [0.29, 0.717) is 17.9 Å². The zero-order valence-corrected chi connectivity index (χ0v) is 21.0. The largest absolute Gasteiger partial charge is 0.507 e. The number of carbonyl (C=O) groups is 2. The monoisotopic (exact) mass is 516 g/mol. The summed E-state index contributed by atoms with van der Waals surface area (Å²) in [5.74, 6) is -0.375. The lowest BCUT2D eigenvalue weighted by Gasteiger charge is -2.23. The Morgan fingerprint density at radius 1 is 1.00 bits per heavy atom. The van der Waals surface area contributed by atoms with Gasteiger partial charge < -0.3 is 19.3 Å². The minimum absolute atomic E-state index is 0.00728. The molecule has 1 atom stereocenters. The van der Waals surface area contributed by atoms with Gasteiger partial charge in [-0.15, -0.1) is 11.3 Å². The maximum Gasteiger partial charge on any atom is 0.342 e. The van der Waals surface area contributed by atoms with Crippen LogP contribution in [0.1, 0.15) is 33.3 Å². The number of hydrogen-bond donors (Lipinski definition) is 1. The van der Waals surface area contributed by atoms with Crippen LogP contribution >= 0.6 is 11.3 Å². The topological polar surface area (TPSA) is 97.7 Å². The quantitative estimate of drug-likeness (QED) is 0.341. The Kier molecular flexibility index (Phi) is 6.78. The van der Waals surface area contributed by atoms with Crippen LogP contribution in [-0.2, 0) is 9.53 Å². The van der Waals surface area contributed by atoms with E-state index >= 15 is 0 Å². The molecule has 5 rings (SSSR count). The minimum Gasteiger partial charge on any atom is -0.507 e. The van der Waals surface area contributed by atoms with Crippen molar-refractivity contribution >= 4 is 39.7 Å². The van der Waals surface area contributed by atoms with Crippen LogP contribution in [0.4, 0.5) is 0 Å². The van der Waals surface area contributed by atoms with E-state index in [4.69, 9.17) is 14.2 Å². The highest BCUT2D eigenvalue weighted by Gasteiger charge is 2.34. The Labute approximate surface area is 217 Å². The van der Waals surface area contributed by atoms with Crippen LogP contribution < -0.4 is 9.47 Å². The van der Waals surface area contributed by atoms with Crippen molar-refractivity contribution in [3.63, 3.8) is 0 Å². The second kappa shape index (κ2) is 10.3. The molecule has 1 amide bonds. The van der Waals surface area contributed by atoms with E-state index in [-0.39, 0.29) is 11.3 Å². The van der Waals surface area contributed by atoms with E-state index in [1.165, 1.54) is 22.4 Å². The predicted molar refractivity (Wildman–Crippen MR) is 141 cm³/mol. The number of hydrazone groups is 1. The third kappa shape index (κ3) is 4.85. The molecular formula is C28H24N2O6S. The smallest absolute Gasteiger partial charge is 0.342 e. The van der Waals surface area contributed by atoms with Crippen LogP contribution in [0, 0.1) is 0 Å². The summed E-state index contributed by atoms with van der Waals surface area (Å²) in [7, 11) is 3.11. The molecule has 0 bridgehead atoms. The Bertz CT molecular complexity index is 1500. The maximum atomic E-state index is 13.3.